The van der Waals surface area contributed by atoms with E-state index in [0.29, 0.717) is 32.5 Å². The summed E-state index contributed by atoms with van der Waals surface area (Å²) in [5.74, 6) is 0. The average Bonchev–Trinajstić information content (AvgIpc) is 2.41. The standard InChI is InChI=1S/C14H29NO4/c1-4-6-15-12-11-13(18-10-8-17-5-2)14(12)19-9-7-16-3/h12-15H,4-11H2,1-3H3. The van der Waals surface area contributed by atoms with Crippen LogP contribution >= 0.6 is 0 Å². The topological polar surface area (TPSA) is 49.0 Å². The Balaban J connectivity index is 2.22. The van der Waals surface area contributed by atoms with Crippen molar-refractivity contribution in [3.8, 4) is 0 Å². The summed E-state index contributed by atoms with van der Waals surface area (Å²) in [5, 5.41) is 3.50. The molecule has 1 aliphatic carbocycles. The first-order valence-corrected chi connectivity index (χ1v) is 7.36. The minimum atomic E-state index is 0.142. The first-order chi connectivity index (χ1) is 9.33. The quantitative estimate of drug-likeness (QED) is 0.543. The molecular formula is C14H29NO4. The lowest BCUT2D eigenvalue weighted by Crippen LogP contribution is -2.60. The molecule has 0 amide bonds. The van der Waals surface area contributed by atoms with Gasteiger partial charge in [-0.15, -0.1) is 0 Å². The Labute approximate surface area is 116 Å². The number of methoxy groups -OCH3 is 1. The molecule has 0 heterocycles. The van der Waals surface area contributed by atoms with Crippen molar-refractivity contribution in [3.63, 3.8) is 0 Å². The average molecular weight is 275 g/mol. The lowest BCUT2D eigenvalue weighted by atomic mass is 9.85. The summed E-state index contributed by atoms with van der Waals surface area (Å²) in [7, 11) is 1.69. The summed E-state index contributed by atoms with van der Waals surface area (Å²) < 4.78 is 21.9. The van der Waals surface area contributed by atoms with E-state index in [0.717, 1.165) is 26.0 Å². The third-order valence-corrected chi connectivity index (χ3v) is 3.27. The molecule has 3 unspecified atom stereocenters. The Bertz CT molecular complexity index is 214. The van der Waals surface area contributed by atoms with Gasteiger partial charge in [-0.3, -0.25) is 0 Å². The third-order valence-electron chi connectivity index (χ3n) is 3.27. The molecule has 1 rings (SSSR count). The van der Waals surface area contributed by atoms with E-state index in [1.807, 2.05) is 6.92 Å². The zero-order chi connectivity index (χ0) is 13.9. The molecule has 1 saturated carbocycles. The molecular weight excluding hydrogens is 246 g/mol. The largest absolute Gasteiger partial charge is 0.382 e. The molecule has 1 fully saturated rings. The van der Waals surface area contributed by atoms with E-state index < -0.39 is 0 Å². The van der Waals surface area contributed by atoms with Gasteiger partial charge in [0, 0.05) is 19.8 Å². The van der Waals surface area contributed by atoms with Gasteiger partial charge in [-0.1, -0.05) is 6.92 Å². The smallest absolute Gasteiger partial charge is 0.0991 e. The number of hydrogen-bond acceptors (Lipinski definition) is 5. The van der Waals surface area contributed by atoms with Crippen molar-refractivity contribution in [1.82, 2.24) is 5.32 Å². The van der Waals surface area contributed by atoms with E-state index in [-0.39, 0.29) is 12.2 Å². The maximum absolute atomic E-state index is 5.84. The van der Waals surface area contributed by atoms with E-state index in [4.69, 9.17) is 18.9 Å². The summed E-state index contributed by atoms with van der Waals surface area (Å²) >= 11 is 0. The SMILES string of the molecule is CCCNC1CC(OCCOCC)C1OCCOC. The summed E-state index contributed by atoms with van der Waals surface area (Å²) in [6.45, 7) is 8.48. The van der Waals surface area contributed by atoms with E-state index in [2.05, 4.69) is 12.2 Å². The number of rotatable bonds is 12. The Morgan fingerprint density at radius 3 is 2.53 bits per heavy atom. The predicted molar refractivity (Wildman–Crippen MR) is 74.5 cm³/mol. The zero-order valence-electron chi connectivity index (χ0n) is 12.5. The van der Waals surface area contributed by atoms with Gasteiger partial charge in [-0.25, -0.2) is 0 Å². The van der Waals surface area contributed by atoms with Crippen LogP contribution in [0.15, 0.2) is 0 Å². The normalized spacial score (nSPS) is 26.4. The number of hydrogen-bond donors (Lipinski definition) is 1. The molecule has 1 N–H and O–H groups in total. The van der Waals surface area contributed by atoms with Crippen LogP contribution in [0.2, 0.25) is 0 Å². The second kappa shape index (κ2) is 10.6. The van der Waals surface area contributed by atoms with Crippen molar-refractivity contribution in [2.45, 2.75) is 44.9 Å². The third kappa shape index (κ3) is 6.19. The molecule has 0 saturated heterocycles. The molecule has 0 spiro atoms. The fourth-order valence-corrected chi connectivity index (χ4v) is 2.17. The van der Waals surface area contributed by atoms with Gasteiger partial charge in [-0.05, 0) is 26.3 Å². The first kappa shape index (κ1) is 16.9. The van der Waals surface area contributed by atoms with Crippen LogP contribution in [0.5, 0.6) is 0 Å². The van der Waals surface area contributed by atoms with Crippen molar-refractivity contribution in [3.05, 3.63) is 0 Å². The molecule has 1 aliphatic rings. The second-order valence-electron chi connectivity index (χ2n) is 4.73. The van der Waals surface area contributed by atoms with Crippen LogP contribution < -0.4 is 5.32 Å². The molecule has 3 atom stereocenters. The van der Waals surface area contributed by atoms with E-state index in [1.54, 1.807) is 7.11 Å². The molecule has 0 aromatic rings. The maximum atomic E-state index is 5.84. The van der Waals surface area contributed by atoms with Crippen LogP contribution in [0.3, 0.4) is 0 Å². The summed E-state index contributed by atoms with van der Waals surface area (Å²) in [6.07, 6.45) is 2.48. The van der Waals surface area contributed by atoms with E-state index >= 15 is 0 Å². The van der Waals surface area contributed by atoms with E-state index in [1.165, 1.54) is 0 Å². The van der Waals surface area contributed by atoms with Gasteiger partial charge in [0.2, 0.25) is 0 Å². The maximum Gasteiger partial charge on any atom is 0.0991 e. The molecule has 0 aliphatic heterocycles. The minimum absolute atomic E-state index is 0.142. The van der Waals surface area contributed by atoms with Gasteiger partial charge < -0.3 is 24.3 Å². The zero-order valence-corrected chi connectivity index (χ0v) is 12.5. The second-order valence-corrected chi connectivity index (χ2v) is 4.73. The van der Waals surface area contributed by atoms with Crippen LogP contribution in [0.4, 0.5) is 0 Å². The van der Waals surface area contributed by atoms with Crippen molar-refractivity contribution in [2.75, 3.05) is 46.7 Å². The van der Waals surface area contributed by atoms with Gasteiger partial charge in [0.15, 0.2) is 0 Å². The highest BCUT2D eigenvalue weighted by molar-refractivity contribution is 4.97. The molecule has 114 valence electrons. The van der Waals surface area contributed by atoms with Crippen LogP contribution in [0.25, 0.3) is 0 Å². The summed E-state index contributed by atoms with van der Waals surface area (Å²) in [5.41, 5.74) is 0. The van der Waals surface area contributed by atoms with Crippen LogP contribution in [0.1, 0.15) is 26.7 Å². The highest BCUT2D eigenvalue weighted by Crippen LogP contribution is 2.27. The Hall–Kier alpha value is -0.200. The number of ether oxygens (including phenoxy) is 4. The van der Waals surface area contributed by atoms with Gasteiger partial charge in [-0.2, -0.15) is 0 Å². The van der Waals surface area contributed by atoms with Crippen molar-refractivity contribution >= 4 is 0 Å². The molecule has 19 heavy (non-hydrogen) atoms. The number of nitrogens with one attached hydrogen (secondary N) is 1. The molecule has 0 radical (unpaired) electrons. The summed E-state index contributed by atoms with van der Waals surface area (Å²) in [6, 6.07) is 0.411. The van der Waals surface area contributed by atoms with Gasteiger partial charge >= 0.3 is 0 Å². The Morgan fingerprint density at radius 2 is 1.84 bits per heavy atom. The lowest BCUT2D eigenvalue weighted by Gasteiger charge is -2.44. The predicted octanol–water partition coefficient (Wildman–Crippen LogP) is 1.21. The van der Waals surface area contributed by atoms with Crippen LogP contribution in [-0.2, 0) is 18.9 Å². The lowest BCUT2D eigenvalue weighted by molar-refractivity contribution is -0.156. The Morgan fingerprint density at radius 1 is 1.05 bits per heavy atom. The van der Waals surface area contributed by atoms with Crippen LogP contribution in [-0.4, -0.2) is 64.9 Å². The minimum Gasteiger partial charge on any atom is -0.382 e. The Kier molecular flexibility index (Phi) is 9.38. The molecule has 0 aromatic heterocycles. The van der Waals surface area contributed by atoms with Gasteiger partial charge in [0.25, 0.3) is 0 Å². The highest BCUT2D eigenvalue weighted by Gasteiger charge is 2.42. The van der Waals surface area contributed by atoms with Crippen molar-refractivity contribution in [1.29, 1.82) is 0 Å². The van der Waals surface area contributed by atoms with Crippen molar-refractivity contribution in [2.24, 2.45) is 0 Å². The first-order valence-electron chi connectivity index (χ1n) is 7.36. The molecule has 0 bridgehead atoms. The molecule has 5 nitrogen and oxygen atoms in total. The monoisotopic (exact) mass is 275 g/mol. The molecule has 5 heteroatoms. The fourth-order valence-electron chi connectivity index (χ4n) is 2.17. The van der Waals surface area contributed by atoms with Gasteiger partial charge in [0.05, 0.1) is 38.6 Å². The van der Waals surface area contributed by atoms with Crippen molar-refractivity contribution < 1.29 is 18.9 Å². The highest BCUT2D eigenvalue weighted by atomic mass is 16.6. The van der Waals surface area contributed by atoms with Crippen LogP contribution in [0, 0.1) is 0 Å². The van der Waals surface area contributed by atoms with Gasteiger partial charge in [0.1, 0.15) is 0 Å². The molecule has 0 aromatic carbocycles. The fraction of sp³-hybridized carbons (Fsp3) is 1.00. The van der Waals surface area contributed by atoms with E-state index in [9.17, 15) is 0 Å². The summed E-state index contributed by atoms with van der Waals surface area (Å²) in [4.78, 5) is 0.